The molecule has 0 bridgehead atoms. The lowest BCUT2D eigenvalue weighted by atomic mass is 10.00. The van der Waals surface area contributed by atoms with Gasteiger partial charge in [0.2, 0.25) is 0 Å². The van der Waals surface area contributed by atoms with Gasteiger partial charge in [0.25, 0.3) is 0 Å². The van der Waals surface area contributed by atoms with Crippen molar-refractivity contribution in [3.63, 3.8) is 0 Å². The molecule has 0 aliphatic heterocycles. The van der Waals surface area contributed by atoms with Gasteiger partial charge in [-0.15, -0.1) is 0 Å². The molecule has 0 saturated carbocycles. The van der Waals surface area contributed by atoms with Crippen molar-refractivity contribution >= 4 is 6.21 Å². The van der Waals surface area contributed by atoms with Crippen LogP contribution in [0.25, 0.3) is 0 Å². The standard InChI is InChI=1S/C5H5NO.C5H11NO/c7-6-4-2-1-3-5-6;1-5(2,3)4-6-7/h1-5H;4,6H,1-3H3. The maximum Gasteiger partial charge on any atom is 0.180 e. The minimum absolute atomic E-state index is 0.00174. The summed E-state index contributed by atoms with van der Waals surface area (Å²) in [7, 11) is 0. The monoisotopic (exact) mass is 196 g/mol. The summed E-state index contributed by atoms with van der Waals surface area (Å²) >= 11 is 0. The summed E-state index contributed by atoms with van der Waals surface area (Å²) in [6.07, 6.45) is 4.40. The van der Waals surface area contributed by atoms with Crippen LogP contribution < -0.4 is 9.89 Å². The van der Waals surface area contributed by atoms with E-state index in [9.17, 15) is 10.4 Å². The van der Waals surface area contributed by atoms with Crippen LogP contribution in [0.1, 0.15) is 20.8 Å². The van der Waals surface area contributed by atoms with Crippen LogP contribution in [0.15, 0.2) is 30.6 Å². The van der Waals surface area contributed by atoms with Crippen LogP contribution >= 0.6 is 0 Å². The lowest BCUT2D eigenvalue weighted by Gasteiger charge is -2.04. The molecular weight excluding hydrogens is 180 g/mol. The third kappa shape index (κ3) is 8.52. The van der Waals surface area contributed by atoms with Crippen LogP contribution in [0.3, 0.4) is 0 Å². The van der Waals surface area contributed by atoms with Crippen molar-refractivity contribution in [1.29, 1.82) is 0 Å². The zero-order valence-corrected chi connectivity index (χ0v) is 8.73. The van der Waals surface area contributed by atoms with Crippen molar-refractivity contribution in [2.75, 3.05) is 0 Å². The van der Waals surface area contributed by atoms with Gasteiger partial charge in [0.05, 0.1) is 0 Å². The zero-order valence-electron chi connectivity index (χ0n) is 8.73. The van der Waals surface area contributed by atoms with Gasteiger partial charge in [-0.25, -0.2) is 5.16 Å². The molecule has 0 aliphatic carbocycles. The lowest BCUT2D eigenvalue weighted by Crippen LogP contribution is -2.62. The number of nitrogens with zero attached hydrogens (tertiary/aromatic N) is 1. The molecule has 1 N–H and O–H groups in total. The second-order valence-electron chi connectivity index (χ2n) is 3.86. The van der Waals surface area contributed by atoms with Crippen LogP contribution in [-0.4, -0.2) is 6.21 Å². The first-order valence-corrected chi connectivity index (χ1v) is 4.31. The summed E-state index contributed by atoms with van der Waals surface area (Å²) in [6.45, 7) is 5.87. The molecule has 1 aromatic rings. The predicted molar refractivity (Wildman–Crippen MR) is 55.3 cm³/mol. The second kappa shape index (κ2) is 5.96. The number of nitrogens with one attached hydrogen (secondary N) is 1. The van der Waals surface area contributed by atoms with Gasteiger partial charge in [0, 0.05) is 17.5 Å². The number of hydrogen-bond donors (Lipinski definition) is 1. The number of pyridine rings is 1. The number of aromatic nitrogens is 1. The van der Waals surface area contributed by atoms with E-state index in [0.29, 0.717) is 0 Å². The Hall–Kier alpha value is -1.58. The van der Waals surface area contributed by atoms with E-state index < -0.39 is 0 Å². The molecule has 0 unspecified atom stereocenters. The summed E-state index contributed by atoms with van der Waals surface area (Å²) in [6, 6.07) is 5.18. The van der Waals surface area contributed by atoms with Gasteiger partial charge in [-0.1, -0.05) is 26.8 Å². The largest absolute Gasteiger partial charge is 0.626 e. The Morgan fingerprint density at radius 2 is 1.64 bits per heavy atom. The molecule has 0 fully saturated rings. The highest BCUT2D eigenvalue weighted by Crippen LogP contribution is 2.04. The third-order valence-electron chi connectivity index (χ3n) is 1.18. The van der Waals surface area contributed by atoms with Gasteiger partial charge in [0.15, 0.2) is 18.6 Å². The van der Waals surface area contributed by atoms with Gasteiger partial charge in [-0.3, -0.25) is 0 Å². The Morgan fingerprint density at radius 1 is 1.14 bits per heavy atom. The lowest BCUT2D eigenvalue weighted by molar-refractivity contribution is -0.605. The molecule has 0 saturated heterocycles. The molecule has 1 rings (SSSR count). The maximum absolute atomic E-state index is 10.2. The van der Waals surface area contributed by atoms with Crippen LogP contribution in [-0.2, 0) is 0 Å². The smallest absolute Gasteiger partial charge is 0.180 e. The highest BCUT2D eigenvalue weighted by Gasteiger charge is 2.07. The Kier molecular flexibility index (Phi) is 5.29. The molecule has 0 atom stereocenters. The van der Waals surface area contributed by atoms with Crippen LogP contribution in [0.5, 0.6) is 0 Å². The fourth-order valence-corrected chi connectivity index (χ4v) is 0.560. The van der Waals surface area contributed by atoms with Crippen molar-refractivity contribution in [3.8, 4) is 0 Å². The van der Waals surface area contributed by atoms with Gasteiger partial charge in [-0.2, -0.15) is 4.73 Å². The molecule has 0 aliphatic rings. The van der Waals surface area contributed by atoms with Gasteiger partial charge in [-0.05, 0) is 0 Å². The van der Waals surface area contributed by atoms with Crippen molar-refractivity contribution in [2.45, 2.75) is 20.8 Å². The molecule has 1 aromatic heterocycles. The second-order valence-corrected chi connectivity index (χ2v) is 3.86. The topological polar surface area (TPSA) is 64.0 Å². The van der Waals surface area contributed by atoms with E-state index in [1.54, 1.807) is 23.4 Å². The quantitative estimate of drug-likeness (QED) is 0.275. The minimum Gasteiger partial charge on any atom is -0.626 e. The zero-order chi connectivity index (χ0) is 11.0. The van der Waals surface area contributed by atoms with Crippen molar-refractivity contribution in [2.24, 2.45) is 5.41 Å². The number of rotatable bonds is 0. The van der Waals surface area contributed by atoms with E-state index >= 15 is 0 Å². The summed E-state index contributed by atoms with van der Waals surface area (Å²) < 4.78 is 0.750. The Bertz CT molecular complexity index is 265. The Morgan fingerprint density at radius 3 is 1.79 bits per heavy atom. The van der Waals surface area contributed by atoms with Crippen molar-refractivity contribution in [3.05, 3.63) is 41.0 Å². The summed E-state index contributed by atoms with van der Waals surface area (Å²) in [5.74, 6) is 0. The van der Waals surface area contributed by atoms with E-state index in [1.165, 1.54) is 18.6 Å². The number of hydrogen-bond acceptors (Lipinski definition) is 2. The van der Waals surface area contributed by atoms with E-state index in [2.05, 4.69) is 0 Å². The minimum atomic E-state index is 0.00174. The molecule has 1 heterocycles. The first-order valence-electron chi connectivity index (χ1n) is 4.31. The third-order valence-corrected chi connectivity index (χ3v) is 1.18. The van der Waals surface area contributed by atoms with Crippen LogP contribution in [0, 0.1) is 15.8 Å². The van der Waals surface area contributed by atoms with Crippen LogP contribution in [0.4, 0.5) is 0 Å². The van der Waals surface area contributed by atoms with E-state index in [1.807, 2.05) is 20.8 Å². The van der Waals surface area contributed by atoms with Crippen molar-refractivity contribution < 1.29 is 9.89 Å². The summed E-state index contributed by atoms with van der Waals surface area (Å²) in [5, 5.41) is 21.6. The molecule has 4 nitrogen and oxygen atoms in total. The average molecular weight is 196 g/mol. The molecule has 0 spiro atoms. The molecule has 4 heteroatoms. The Labute approximate surface area is 84.1 Å². The molecule has 0 aromatic carbocycles. The highest BCUT2D eigenvalue weighted by atomic mass is 16.5. The van der Waals surface area contributed by atoms with E-state index in [-0.39, 0.29) is 5.41 Å². The van der Waals surface area contributed by atoms with Gasteiger partial charge < -0.3 is 10.4 Å². The molecule has 0 radical (unpaired) electrons. The molecule has 0 amide bonds. The van der Waals surface area contributed by atoms with Gasteiger partial charge in [0.1, 0.15) is 0 Å². The van der Waals surface area contributed by atoms with Gasteiger partial charge >= 0.3 is 0 Å². The fourth-order valence-electron chi connectivity index (χ4n) is 0.560. The van der Waals surface area contributed by atoms with E-state index in [0.717, 1.165) is 4.73 Å². The normalized spacial score (nSPS) is 10.8. The predicted octanol–water partition coefficient (Wildman–Crippen LogP) is 0.00170. The summed E-state index contributed by atoms with van der Waals surface area (Å²) in [5.41, 5.74) is 0.00174. The molecule has 78 valence electrons. The maximum atomic E-state index is 10.2. The SMILES string of the molecule is CC(C)(C)C=[NH+][O-].[O-][n+]1ccccc1. The highest BCUT2D eigenvalue weighted by molar-refractivity contribution is 5.57. The van der Waals surface area contributed by atoms with E-state index in [4.69, 9.17) is 0 Å². The first kappa shape index (κ1) is 12.4. The summed E-state index contributed by atoms with van der Waals surface area (Å²) in [4.78, 5) is 0. The Balaban J connectivity index is 0.000000241. The molecular formula is C10H16N2O2. The first-order chi connectivity index (χ1) is 6.45. The van der Waals surface area contributed by atoms with Crippen molar-refractivity contribution in [1.82, 2.24) is 0 Å². The van der Waals surface area contributed by atoms with Crippen LogP contribution in [0.2, 0.25) is 0 Å². The fraction of sp³-hybridized carbons (Fsp3) is 0.400. The average Bonchev–Trinajstić information content (AvgIpc) is 2.04. The molecule has 14 heavy (non-hydrogen) atoms.